The highest BCUT2D eigenvalue weighted by molar-refractivity contribution is 5.27. The number of aliphatic hydroxyl groups excluding tert-OH is 1. The molecule has 2 heteroatoms. The molecule has 2 N–H and O–H groups in total. The highest BCUT2D eigenvalue weighted by Crippen LogP contribution is 2.40. The number of hydrogen-bond donors (Lipinski definition) is 2. The van der Waals surface area contributed by atoms with E-state index in [9.17, 15) is 0 Å². The van der Waals surface area contributed by atoms with Crippen LogP contribution in [-0.2, 0) is 5.41 Å². The lowest BCUT2D eigenvalue weighted by molar-refractivity contribution is 0.262. The van der Waals surface area contributed by atoms with E-state index >= 15 is 0 Å². The van der Waals surface area contributed by atoms with Gasteiger partial charge >= 0.3 is 0 Å². The second-order valence-corrected chi connectivity index (χ2v) is 5.65. The minimum absolute atomic E-state index is 0.270. The van der Waals surface area contributed by atoms with Crippen molar-refractivity contribution in [2.24, 2.45) is 0 Å². The predicted octanol–water partition coefficient (Wildman–Crippen LogP) is 2.86. The largest absolute Gasteiger partial charge is 0.396 e. The summed E-state index contributed by atoms with van der Waals surface area (Å²) in [6.07, 6.45) is 6.09. The molecule has 0 bridgehead atoms. The Labute approximate surface area is 110 Å². The zero-order valence-corrected chi connectivity index (χ0v) is 11.4. The maximum Gasteiger partial charge on any atom is 0.0445 e. The van der Waals surface area contributed by atoms with E-state index in [-0.39, 0.29) is 6.61 Å². The van der Waals surface area contributed by atoms with Gasteiger partial charge in [0.1, 0.15) is 0 Å². The summed E-state index contributed by atoms with van der Waals surface area (Å²) in [5.41, 5.74) is 1.80. The van der Waals surface area contributed by atoms with E-state index in [1.165, 1.54) is 31.2 Å². The fourth-order valence-corrected chi connectivity index (χ4v) is 3.08. The van der Waals surface area contributed by atoms with Crippen molar-refractivity contribution < 1.29 is 5.11 Å². The molecule has 2 rings (SSSR count). The summed E-state index contributed by atoms with van der Waals surface area (Å²) in [5, 5.41) is 12.6. The summed E-state index contributed by atoms with van der Waals surface area (Å²) < 4.78 is 0. The molecule has 1 aliphatic carbocycles. The number of benzene rings is 1. The molecule has 1 saturated carbocycles. The topological polar surface area (TPSA) is 32.3 Å². The molecule has 0 spiro atoms. The number of rotatable bonds is 6. The Bertz CT molecular complexity index is 343. The van der Waals surface area contributed by atoms with E-state index in [4.69, 9.17) is 5.11 Å². The van der Waals surface area contributed by atoms with Gasteiger partial charge < -0.3 is 10.4 Å². The van der Waals surface area contributed by atoms with Gasteiger partial charge in [-0.3, -0.25) is 0 Å². The lowest BCUT2D eigenvalue weighted by atomic mass is 9.78. The zero-order chi connectivity index (χ0) is 12.8. The van der Waals surface area contributed by atoms with E-state index < -0.39 is 0 Å². The Hall–Kier alpha value is -0.860. The molecule has 0 heterocycles. The van der Waals surface area contributed by atoms with Crippen molar-refractivity contribution in [2.45, 2.75) is 50.5 Å². The Morgan fingerprint density at radius 2 is 1.89 bits per heavy atom. The van der Waals surface area contributed by atoms with Crippen LogP contribution in [0.15, 0.2) is 30.3 Å². The van der Waals surface area contributed by atoms with Gasteiger partial charge in [0.05, 0.1) is 0 Å². The first-order valence-corrected chi connectivity index (χ1v) is 7.17. The van der Waals surface area contributed by atoms with Crippen molar-refractivity contribution in [2.75, 3.05) is 13.2 Å². The molecule has 1 atom stereocenters. The van der Waals surface area contributed by atoms with Crippen LogP contribution in [0.3, 0.4) is 0 Å². The highest BCUT2D eigenvalue weighted by Gasteiger charge is 2.35. The molecule has 100 valence electrons. The lowest BCUT2D eigenvalue weighted by Crippen LogP contribution is -2.40. The molecular formula is C16H25NO. The summed E-state index contributed by atoms with van der Waals surface area (Å²) in [6, 6.07) is 11.3. The molecular weight excluding hydrogens is 222 g/mol. The monoisotopic (exact) mass is 247 g/mol. The first kappa shape index (κ1) is 13.6. The third-order valence-electron chi connectivity index (χ3n) is 4.30. The summed E-state index contributed by atoms with van der Waals surface area (Å²) in [7, 11) is 0. The van der Waals surface area contributed by atoms with Gasteiger partial charge in [-0.25, -0.2) is 0 Å². The smallest absolute Gasteiger partial charge is 0.0445 e. The molecule has 0 radical (unpaired) electrons. The van der Waals surface area contributed by atoms with Gasteiger partial charge in [-0.2, -0.15) is 0 Å². The average molecular weight is 247 g/mol. The van der Waals surface area contributed by atoms with Crippen LogP contribution < -0.4 is 5.32 Å². The molecule has 1 aromatic carbocycles. The molecule has 0 aliphatic heterocycles. The molecule has 1 unspecified atom stereocenters. The minimum Gasteiger partial charge on any atom is -0.396 e. The number of nitrogens with one attached hydrogen (secondary N) is 1. The molecule has 1 fully saturated rings. The lowest BCUT2D eigenvalue weighted by Gasteiger charge is -2.31. The van der Waals surface area contributed by atoms with Crippen molar-refractivity contribution >= 4 is 0 Å². The van der Waals surface area contributed by atoms with Crippen LogP contribution in [-0.4, -0.2) is 24.3 Å². The van der Waals surface area contributed by atoms with Crippen LogP contribution >= 0.6 is 0 Å². The predicted molar refractivity (Wildman–Crippen MR) is 75.8 cm³/mol. The Morgan fingerprint density at radius 3 is 2.50 bits per heavy atom. The van der Waals surface area contributed by atoms with E-state index in [0.29, 0.717) is 11.5 Å². The first-order chi connectivity index (χ1) is 8.77. The van der Waals surface area contributed by atoms with Crippen LogP contribution in [0.1, 0.15) is 44.6 Å². The van der Waals surface area contributed by atoms with Crippen LogP contribution in [0.25, 0.3) is 0 Å². The maximum atomic E-state index is 8.97. The van der Waals surface area contributed by atoms with Gasteiger partial charge in [0.2, 0.25) is 0 Å². The Kier molecular flexibility index (Phi) is 4.79. The summed E-state index contributed by atoms with van der Waals surface area (Å²) in [5.74, 6) is 0. The van der Waals surface area contributed by atoms with Crippen LogP contribution in [0, 0.1) is 0 Å². The molecule has 1 aliphatic rings. The highest BCUT2D eigenvalue weighted by atomic mass is 16.3. The summed E-state index contributed by atoms with van der Waals surface area (Å²) in [6.45, 7) is 3.47. The van der Waals surface area contributed by atoms with Crippen molar-refractivity contribution in [3.05, 3.63) is 35.9 Å². The molecule has 1 aromatic rings. The molecule has 0 saturated heterocycles. The van der Waals surface area contributed by atoms with Crippen molar-refractivity contribution in [1.29, 1.82) is 0 Å². The third kappa shape index (κ3) is 3.12. The fraction of sp³-hybridized carbons (Fsp3) is 0.625. The van der Waals surface area contributed by atoms with Gasteiger partial charge in [0.15, 0.2) is 0 Å². The van der Waals surface area contributed by atoms with Gasteiger partial charge in [-0.15, -0.1) is 0 Å². The second-order valence-electron chi connectivity index (χ2n) is 5.65. The SMILES string of the molecule is CC(CCO)NCC1(c2ccccc2)CCCC1. The maximum absolute atomic E-state index is 8.97. The number of hydrogen-bond acceptors (Lipinski definition) is 2. The van der Waals surface area contributed by atoms with Crippen molar-refractivity contribution in [3.8, 4) is 0 Å². The van der Waals surface area contributed by atoms with Crippen molar-refractivity contribution in [3.63, 3.8) is 0 Å². The van der Waals surface area contributed by atoms with Crippen LogP contribution in [0.4, 0.5) is 0 Å². The molecule has 0 aromatic heterocycles. The second kappa shape index (κ2) is 6.35. The molecule has 0 amide bonds. The van der Waals surface area contributed by atoms with Gasteiger partial charge in [0, 0.05) is 24.6 Å². The first-order valence-electron chi connectivity index (χ1n) is 7.17. The summed E-state index contributed by atoms with van der Waals surface area (Å²) >= 11 is 0. The van der Waals surface area contributed by atoms with E-state index in [2.05, 4.69) is 42.6 Å². The summed E-state index contributed by atoms with van der Waals surface area (Å²) in [4.78, 5) is 0. The van der Waals surface area contributed by atoms with E-state index in [0.717, 1.165) is 13.0 Å². The van der Waals surface area contributed by atoms with Crippen LogP contribution in [0.2, 0.25) is 0 Å². The fourth-order valence-electron chi connectivity index (χ4n) is 3.08. The molecule has 18 heavy (non-hydrogen) atoms. The number of aliphatic hydroxyl groups is 1. The minimum atomic E-state index is 0.270. The third-order valence-corrected chi connectivity index (χ3v) is 4.30. The molecule has 2 nitrogen and oxygen atoms in total. The quantitative estimate of drug-likeness (QED) is 0.810. The Balaban J connectivity index is 2.04. The van der Waals surface area contributed by atoms with Crippen molar-refractivity contribution in [1.82, 2.24) is 5.32 Å². The van der Waals surface area contributed by atoms with E-state index in [1.807, 2.05) is 0 Å². The Morgan fingerprint density at radius 1 is 1.22 bits per heavy atom. The van der Waals surface area contributed by atoms with Gasteiger partial charge in [-0.1, -0.05) is 43.2 Å². The van der Waals surface area contributed by atoms with Gasteiger partial charge in [0.25, 0.3) is 0 Å². The van der Waals surface area contributed by atoms with E-state index in [1.54, 1.807) is 0 Å². The van der Waals surface area contributed by atoms with Crippen LogP contribution in [0.5, 0.6) is 0 Å². The van der Waals surface area contributed by atoms with Gasteiger partial charge in [-0.05, 0) is 31.7 Å². The standard InChI is InChI=1S/C16H25NO/c1-14(9-12-18)17-13-16(10-5-6-11-16)15-7-3-2-4-8-15/h2-4,7-8,14,17-18H,5-6,9-13H2,1H3. The average Bonchev–Trinajstić information content (AvgIpc) is 2.88. The normalized spacial score (nSPS) is 19.9. The zero-order valence-electron chi connectivity index (χ0n) is 11.4.